The Bertz CT molecular complexity index is 603. The predicted octanol–water partition coefficient (Wildman–Crippen LogP) is 2.71. The molecule has 21 heavy (non-hydrogen) atoms. The van der Waals surface area contributed by atoms with Gasteiger partial charge in [0, 0.05) is 10.6 Å². The molecule has 2 atom stereocenters. The third kappa shape index (κ3) is 3.05. The normalized spacial score (nSPS) is 21.9. The van der Waals surface area contributed by atoms with Crippen molar-refractivity contribution in [1.29, 1.82) is 0 Å². The monoisotopic (exact) mass is 323 g/mol. The summed E-state index contributed by atoms with van der Waals surface area (Å²) in [5, 5.41) is 20.4. The molecule has 1 aliphatic rings. The van der Waals surface area contributed by atoms with Gasteiger partial charge in [0.1, 0.15) is 11.7 Å². The number of carboxylic acid groups (broad SMARTS) is 1. The van der Waals surface area contributed by atoms with E-state index in [0.717, 1.165) is 6.21 Å². The highest BCUT2D eigenvalue weighted by atomic mass is 35.5. The molecular formula is C12H9ClF3NO4. The van der Waals surface area contributed by atoms with Crippen molar-refractivity contribution in [1.82, 2.24) is 0 Å². The van der Waals surface area contributed by atoms with E-state index in [1.165, 1.54) is 12.1 Å². The molecule has 114 valence electrons. The van der Waals surface area contributed by atoms with Crippen LogP contribution in [0.1, 0.15) is 11.1 Å². The molecule has 0 saturated heterocycles. The summed E-state index contributed by atoms with van der Waals surface area (Å²) in [6, 6.07) is 2.59. The highest BCUT2D eigenvalue weighted by molar-refractivity contribution is 6.31. The number of fused-ring (bicyclic) bond motifs is 1. The molecule has 0 bridgehead atoms. The second kappa shape index (κ2) is 5.44. The number of aliphatic carboxylic acids is 1. The first-order chi connectivity index (χ1) is 9.74. The fraction of sp³-hybridized carbons (Fsp3) is 0.333. The third-order valence-electron chi connectivity index (χ3n) is 3.05. The Balaban J connectivity index is 2.54. The van der Waals surface area contributed by atoms with E-state index in [1.807, 2.05) is 0 Å². The average Bonchev–Trinajstić information content (AvgIpc) is 2.36. The van der Waals surface area contributed by atoms with E-state index in [4.69, 9.17) is 26.7 Å². The van der Waals surface area contributed by atoms with Crippen LogP contribution < -0.4 is 4.74 Å². The molecule has 0 spiro atoms. The molecule has 0 aliphatic carbocycles. The van der Waals surface area contributed by atoms with Gasteiger partial charge in [0.05, 0.1) is 6.21 Å². The molecule has 1 aromatic rings. The van der Waals surface area contributed by atoms with E-state index in [1.54, 1.807) is 0 Å². The van der Waals surface area contributed by atoms with Gasteiger partial charge in [-0.3, -0.25) is 4.79 Å². The molecule has 2 rings (SSSR count). The Labute approximate surface area is 121 Å². The highest BCUT2D eigenvalue weighted by Crippen LogP contribution is 2.41. The van der Waals surface area contributed by atoms with Crippen LogP contribution in [0.5, 0.6) is 5.75 Å². The van der Waals surface area contributed by atoms with Gasteiger partial charge in [-0.15, -0.1) is 0 Å². The molecule has 9 heteroatoms. The minimum Gasteiger partial charge on any atom is -0.481 e. The van der Waals surface area contributed by atoms with Crippen molar-refractivity contribution >= 4 is 23.8 Å². The van der Waals surface area contributed by atoms with Crippen LogP contribution in [0.4, 0.5) is 13.2 Å². The summed E-state index contributed by atoms with van der Waals surface area (Å²) < 4.78 is 43.7. The lowest BCUT2D eigenvalue weighted by molar-refractivity contribution is -0.217. The molecule has 1 aliphatic heterocycles. The lowest BCUT2D eigenvalue weighted by atomic mass is 9.89. The SMILES string of the molecule is O=C(O)C1Cc2cc(Cl)cc(/C=N\O)c2OC1C(F)(F)F. The number of carboxylic acids is 1. The van der Waals surface area contributed by atoms with Gasteiger partial charge in [0.15, 0.2) is 0 Å². The lowest BCUT2D eigenvalue weighted by Gasteiger charge is -2.33. The molecule has 0 saturated carbocycles. The Morgan fingerprint density at radius 1 is 1.48 bits per heavy atom. The summed E-state index contributed by atoms with van der Waals surface area (Å²) in [6.45, 7) is 0. The number of rotatable bonds is 2. The predicted molar refractivity (Wildman–Crippen MR) is 66.1 cm³/mol. The van der Waals surface area contributed by atoms with Gasteiger partial charge >= 0.3 is 12.1 Å². The first kappa shape index (κ1) is 15.4. The van der Waals surface area contributed by atoms with E-state index in [9.17, 15) is 18.0 Å². The number of halogens is 4. The van der Waals surface area contributed by atoms with E-state index in [-0.39, 0.29) is 28.3 Å². The smallest absolute Gasteiger partial charge is 0.426 e. The van der Waals surface area contributed by atoms with Crippen LogP contribution in [0.25, 0.3) is 0 Å². The molecular weight excluding hydrogens is 315 g/mol. The Morgan fingerprint density at radius 3 is 2.67 bits per heavy atom. The maximum Gasteiger partial charge on any atom is 0.426 e. The van der Waals surface area contributed by atoms with Gasteiger partial charge in [0.2, 0.25) is 6.10 Å². The number of oxime groups is 1. The minimum absolute atomic E-state index is 0.0399. The summed E-state index contributed by atoms with van der Waals surface area (Å²) in [7, 11) is 0. The Hall–Kier alpha value is -1.96. The summed E-state index contributed by atoms with van der Waals surface area (Å²) in [5.41, 5.74) is 0.253. The van der Waals surface area contributed by atoms with Gasteiger partial charge in [0.25, 0.3) is 0 Å². The second-order valence-electron chi connectivity index (χ2n) is 4.46. The fourth-order valence-corrected chi connectivity index (χ4v) is 2.44. The van der Waals surface area contributed by atoms with E-state index in [2.05, 4.69) is 5.16 Å². The van der Waals surface area contributed by atoms with Crippen molar-refractivity contribution in [2.75, 3.05) is 0 Å². The average molecular weight is 324 g/mol. The number of hydrogen-bond acceptors (Lipinski definition) is 4. The van der Waals surface area contributed by atoms with E-state index < -0.39 is 24.2 Å². The Kier molecular flexibility index (Phi) is 3.99. The summed E-state index contributed by atoms with van der Waals surface area (Å²) in [4.78, 5) is 11.0. The van der Waals surface area contributed by atoms with Crippen LogP contribution in [0.3, 0.4) is 0 Å². The maximum atomic E-state index is 12.9. The van der Waals surface area contributed by atoms with Crippen molar-refractivity contribution in [3.63, 3.8) is 0 Å². The summed E-state index contributed by atoms with van der Waals surface area (Å²) >= 11 is 5.80. The number of ether oxygens (including phenoxy) is 1. The first-order valence-electron chi connectivity index (χ1n) is 5.70. The van der Waals surface area contributed by atoms with Crippen LogP contribution in [0.15, 0.2) is 17.3 Å². The van der Waals surface area contributed by atoms with Crippen LogP contribution in [-0.2, 0) is 11.2 Å². The van der Waals surface area contributed by atoms with Crippen molar-refractivity contribution in [3.8, 4) is 5.75 Å². The van der Waals surface area contributed by atoms with Gasteiger partial charge in [-0.1, -0.05) is 16.8 Å². The lowest BCUT2D eigenvalue weighted by Crippen LogP contribution is -2.47. The van der Waals surface area contributed by atoms with Crippen molar-refractivity contribution in [2.45, 2.75) is 18.7 Å². The largest absolute Gasteiger partial charge is 0.481 e. The summed E-state index contributed by atoms with van der Waals surface area (Å²) in [6.07, 6.45) is -6.83. The van der Waals surface area contributed by atoms with Crippen molar-refractivity contribution in [3.05, 3.63) is 28.3 Å². The first-order valence-corrected chi connectivity index (χ1v) is 6.08. The number of alkyl halides is 3. The molecule has 0 amide bonds. The van der Waals surface area contributed by atoms with Gasteiger partial charge in [-0.2, -0.15) is 13.2 Å². The zero-order chi connectivity index (χ0) is 15.8. The quantitative estimate of drug-likeness (QED) is 0.498. The van der Waals surface area contributed by atoms with E-state index >= 15 is 0 Å². The van der Waals surface area contributed by atoms with Crippen LogP contribution >= 0.6 is 11.6 Å². The van der Waals surface area contributed by atoms with Crippen molar-refractivity contribution in [2.24, 2.45) is 11.1 Å². The summed E-state index contributed by atoms with van der Waals surface area (Å²) in [5.74, 6) is -3.56. The van der Waals surface area contributed by atoms with Crippen molar-refractivity contribution < 1.29 is 33.0 Å². The maximum absolute atomic E-state index is 12.9. The van der Waals surface area contributed by atoms with Gasteiger partial charge < -0.3 is 15.1 Å². The van der Waals surface area contributed by atoms with Gasteiger partial charge in [-0.05, 0) is 24.1 Å². The second-order valence-corrected chi connectivity index (χ2v) is 4.89. The van der Waals surface area contributed by atoms with Crippen LogP contribution in [0.2, 0.25) is 5.02 Å². The zero-order valence-electron chi connectivity index (χ0n) is 10.3. The standard InChI is InChI=1S/C12H9ClF3NO4/c13-7-1-5-3-8(11(18)19)10(12(14,15)16)21-9(5)6(2-7)4-17-20/h1-2,4,8,10,20H,3H2,(H,18,19)/b17-4-. The highest BCUT2D eigenvalue weighted by Gasteiger charge is 2.52. The third-order valence-corrected chi connectivity index (χ3v) is 3.26. The fourth-order valence-electron chi connectivity index (χ4n) is 2.19. The number of nitrogens with zero attached hydrogens (tertiary/aromatic N) is 1. The molecule has 1 aromatic carbocycles. The van der Waals surface area contributed by atoms with Crippen LogP contribution in [0, 0.1) is 5.92 Å². The number of benzene rings is 1. The molecule has 1 heterocycles. The molecule has 0 radical (unpaired) electrons. The van der Waals surface area contributed by atoms with Gasteiger partial charge in [-0.25, -0.2) is 0 Å². The van der Waals surface area contributed by atoms with E-state index in [0.29, 0.717) is 0 Å². The topological polar surface area (TPSA) is 79.1 Å². The molecule has 5 nitrogen and oxygen atoms in total. The molecule has 2 N–H and O–H groups in total. The Morgan fingerprint density at radius 2 is 2.14 bits per heavy atom. The number of carbonyl (C=O) groups is 1. The minimum atomic E-state index is -4.84. The molecule has 2 unspecified atom stereocenters. The van der Waals surface area contributed by atoms with Crippen LogP contribution in [-0.4, -0.2) is 34.8 Å². The number of hydrogen-bond donors (Lipinski definition) is 2. The zero-order valence-corrected chi connectivity index (χ0v) is 11.0. The molecule has 0 fully saturated rings. The molecule has 0 aromatic heterocycles.